The fourth-order valence-corrected chi connectivity index (χ4v) is 3.65. The first-order chi connectivity index (χ1) is 15.0. The van der Waals surface area contributed by atoms with E-state index in [-0.39, 0.29) is 5.91 Å². The number of anilines is 1. The predicted octanol–water partition coefficient (Wildman–Crippen LogP) is 5.80. The molecule has 0 bridgehead atoms. The van der Waals surface area contributed by atoms with Crippen LogP contribution in [0.2, 0.25) is 0 Å². The van der Waals surface area contributed by atoms with Crippen molar-refractivity contribution in [3.8, 4) is 0 Å². The summed E-state index contributed by atoms with van der Waals surface area (Å²) in [6.07, 6.45) is 3.58. The molecule has 0 atom stereocenters. The Morgan fingerprint density at radius 1 is 1.19 bits per heavy atom. The number of aromatic nitrogens is 1. The lowest BCUT2D eigenvalue weighted by Gasteiger charge is -2.20. The van der Waals surface area contributed by atoms with Gasteiger partial charge in [0.25, 0.3) is 5.91 Å². The maximum atomic E-state index is 12.9. The third kappa shape index (κ3) is 6.64. The molecule has 1 aromatic heterocycles. The molecule has 2 rings (SSSR count). The van der Waals surface area contributed by atoms with Crippen LogP contribution < -0.4 is 5.73 Å². The molecule has 1 heterocycles. The number of pyridine rings is 1. The average Bonchev–Trinajstić information content (AvgIpc) is 2.71. The summed E-state index contributed by atoms with van der Waals surface area (Å²) in [6, 6.07) is 8.16. The van der Waals surface area contributed by atoms with E-state index in [1.807, 2.05) is 39.8 Å². The monoisotopic (exact) mass is 432 g/mol. The van der Waals surface area contributed by atoms with Crippen molar-refractivity contribution in [2.24, 2.45) is 4.99 Å². The van der Waals surface area contributed by atoms with E-state index in [2.05, 4.69) is 48.6 Å². The van der Waals surface area contributed by atoms with E-state index >= 15 is 0 Å². The van der Waals surface area contributed by atoms with E-state index in [0.29, 0.717) is 17.9 Å². The number of carbonyl (C=O) groups is 1. The van der Waals surface area contributed by atoms with E-state index in [1.54, 1.807) is 11.9 Å². The number of aliphatic imine (C=N–C) groups is 1. The van der Waals surface area contributed by atoms with Crippen molar-refractivity contribution in [3.05, 3.63) is 76.0 Å². The maximum Gasteiger partial charge on any atom is 0.253 e. The van der Waals surface area contributed by atoms with Gasteiger partial charge in [0.2, 0.25) is 0 Å². The molecule has 0 aliphatic heterocycles. The molecule has 170 valence electrons. The molecular weight excluding hydrogens is 396 g/mol. The highest BCUT2D eigenvalue weighted by molar-refractivity contribution is 5.95. The third-order valence-electron chi connectivity index (χ3n) is 5.58. The lowest BCUT2D eigenvalue weighted by molar-refractivity contribution is -0.126. The number of hydrogen-bond donors (Lipinski definition) is 1. The van der Waals surface area contributed by atoms with Gasteiger partial charge in [-0.2, -0.15) is 0 Å². The average molecular weight is 433 g/mol. The molecule has 0 radical (unpaired) electrons. The van der Waals surface area contributed by atoms with Gasteiger partial charge in [0.15, 0.2) is 0 Å². The van der Waals surface area contributed by atoms with Gasteiger partial charge in [-0.1, -0.05) is 37.3 Å². The van der Waals surface area contributed by atoms with E-state index in [0.717, 1.165) is 52.2 Å². The molecule has 0 unspecified atom stereocenters. The Hall–Kier alpha value is -3.21. The highest BCUT2D eigenvalue weighted by Gasteiger charge is 2.15. The Balaban J connectivity index is 2.07. The standard InChI is InChI=1S/C27H36N4O/c1-9-21(6)29-25-11-10-23(14-19(25)4)13-17(2)12-20(5)27(32)31(8)16-24-18(3)15-26(28)30-22(24)7/h10-12,14-15H,5,9,13,16H2,1-4,6-8H3,(H2,28,30)/b17-12+,29-21+. The Morgan fingerprint density at radius 3 is 2.47 bits per heavy atom. The summed E-state index contributed by atoms with van der Waals surface area (Å²) in [6.45, 7) is 16.6. The van der Waals surface area contributed by atoms with Gasteiger partial charge in [-0.05, 0) is 81.8 Å². The Morgan fingerprint density at radius 2 is 1.88 bits per heavy atom. The summed E-state index contributed by atoms with van der Waals surface area (Å²) in [4.78, 5) is 23.5. The zero-order chi connectivity index (χ0) is 24.0. The number of likely N-dealkylation sites (N-methyl/N-ethyl adjacent to an activating group) is 1. The van der Waals surface area contributed by atoms with Crippen molar-refractivity contribution in [2.45, 2.75) is 60.9 Å². The molecular formula is C27H36N4O. The number of nitrogen functional groups attached to an aromatic ring is 1. The van der Waals surface area contributed by atoms with E-state index in [4.69, 9.17) is 5.73 Å². The van der Waals surface area contributed by atoms with Gasteiger partial charge in [0.1, 0.15) is 5.82 Å². The molecule has 32 heavy (non-hydrogen) atoms. The largest absolute Gasteiger partial charge is 0.384 e. The topological polar surface area (TPSA) is 71.6 Å². The number of aryl methyl sites for hydroxylation is 3. The highest BCUT2D eigenvalue weighted by atomic mass is 16.2. The highest BCUT2D eigenvalue weighted by Crippen LogP contribution is 2.23. The van der Waals surface area contributed by atoms with Gasteiger partial charge < -0.3 is 10.6 Å². The maximum absolute atomic E-state index is 12.9. The smallest absolute Gasteiger partial charge is 0.253 e. The Bertz CT molecular complexity index is 1060. The first-order valence-corrected chi connectivity index (χ1v) is 11.0. The van der Waals surface area contributed by atoms with Crippen molar-refractivity contribution < 1.29 is 4.79 Å². The first kappa shape index (κ1) is 25.1. The SMILES string of the molecule is C=C(/C=C(\C)Cc1ccc(/N=C(\C)CC)c(C)c1)C(=O)N(C)Cc1c(C)cc(N)nc1C. The second kappa shape index (κ2) is 10.9. The van der Waals surface area contributed by atoms with E-state index in [1.165, 1.54) is 5.56 Å². The number of allylic oxidation sites excluding steroid dienone is 1. The van der Waals surface area contributed by atoms with Crippen LogP contribution >= 0.6 is 0 Å². The minimum Gasteiger partial charge on any atom is -0.384 e. The minimum atomic E-state index is -0.101. The van der Waals surface area contributed by atoms with Crippen LogP contribution in [0, 0.1) is 20.8 Å². The molecule has 1 amide bonds. The van der Waals surface area contributed by atoms with Crippen molar-refractivity contribution in [3.63, 3.8) is 0 Å². The summed E-state index contributed by atoms with van der Waals surface area (Å²) in [7, 11) is 1.78. The van der Waals surface area contributed by atoms with Crippen LogP contribution in [0.15, 0.2) is 53.1 Å². The zero-order valence-corrected chi connectivity index (χ0v) is 20.5. The van der Waals surface area contributed by atoms with Crippen LogP contribution in [-0.4, -0.2) is 28.6 Å². The molecule has 0 aliphatic rings. The van der Waals surface area contributed by atoms with Gasteiger partial charge >= 0.3 is 0 Å². The number of amides is 1. The molecule has 0 spiro atoms. The van der Waals surface area contributed by atoms with Gasteiger partial charge in [-0.25, -0.2) is 4.98 Å². The molecule has 0 fully saturated rings. The molecule has 2 N–H and O–H groups in total. The quantitative estimate of drug-likeness (QED) is 0.326. The Kier molecular flexibility index (Phi) is 8.53. The fraction of sp³-hybridized carbons (Fsp3) is 0.370. The summed E-state index contributed by atoms with van der Waals surface area (Å²) in [5.74, 6) is 0.396. The number of nitrogens with two attached hydrogens (primary N) is 1. The number of carbonyl (C=O) groups excluding carboxylic acids is 1. The van der Waals surface area contributed by atoms with Crippen molar-refractivity contribution in [1.82, 2.24) is 9.88 Å². The molecule has 1 aromatic carbocycles. The lowest BCUT2D eigenvalue weighted by atomic mass is 10.0. The normalized spacial score (nSPS) is 12.1. The van der Waals surface area contributed by atoms with Crippen molar-refractivity contribution in [2.75, 3.05) is 12.8 Å². The van der Waals surface area contributed by atoms with Gasteiger partial charge in [-0.15, -0.1) is 0 Å². The van der Waals surface area contributed by atoms with Gasteiger partial charge in [0.05, 0.1) is 5.69 Å². The van der Waals surface area contributed by atoms with Gasteiger partial charge in [0, 0.05) is 30.6 Å². The third-order valence-corrected chi connectivity index (χ3v) is 5.58. The first-order valence-electron chi connectivity index (χ1n) is 11.0. The van der Waals surface area contributed by atoms with E-state index < -0.39 is 0 Å². The lowest BCUT2D eigenvalue weighted by Crippen LogP contribution is -2.27. The van der Waals surface area contributed by atoms with Crippen LogP contribution in [0.1, 0.15) is 55.1 Å². The second-order valence-corrected chi connectivity index (χ2v) is 8.60. The van der Waals surface area contributed by atoms with Gasteiger partial charge in [-0.3, -0.25) is 9.79 Å². The number of rotatable bonds is 8. The number of nitrogens with zero attached hydrogens (tertiary/aromatic N) is 3. The summed E-state index contributed by atoms with van der Waals surface area (Å²) >= 11 is 0. The minimum absolute atomic E-state index is 0.101. The van der Waals surface area contributed by atoms with Crippen molar-refractivity contribution in [1.29, 1.82) is 0 Å². The molecule has 2 aromatic rings. The molecule has 5 heteroatoms. The molecule has 0 saturated heterocycles. The van der Waals surface area contributed by atoms with Crippen LogP contribution in [0.5, 0.6) is 0 Å². The van der Waals surface area contributed by atoms with Crippen LogP contribution in [-0.2, 0) is 17.8 Å². The summed E-state index contributed by atoms with van der Waals surface area (Å²) in [5.41, 5.74) is 14.7. The summed E-state index contributed by atoms with van der Waals surface area (Å²) < 4.78 is 0. The zero-order valence-electron chi connectivity index (χ0n) is 20.5. The van der Waals surface area contributed by atoms with Crippen LogP contribution in [0.25, 0.3) is 0 Å². The second-order valence-electron chi connectivity index (χ2n) is 8.60. The molecule has 5 nitrogen and oxygen atoms in total. The number of hydrogen-bond acceptors (Lipinski definition) is 4. The Labute approximate surface area is 192 Å². The molecule has 0 aliphatic carbocycles. The predicted molar refractivity (Wildman–Crippen MR) is 135 cm³/mol. The van der Waals surface area contributed by atoms with Crippen LogP contribution in [0.3, 0.4) is 0 Å². The number of benzene rings is 1. The van der Waals surface area contributed by atoms with Crippen LogP contribution in [0.4, 0.5) is 11.5 Å². The molecule has 0 saturated carbocycles. The van der Waals surface area contributed by atoms with E-state index in [9.17, 15) is 4.79 Å². The van der Waals surface area contributed by atoms with Crippen molar-refractivity contribution >= 4 is 23.1 Å². The summed E-state index contributed by atoms with van der Waals surface area (Å²) in [5, 5.41) is 0. The fourth-order valence-electron chi connectivity index (χ4n) is 3.65.